The number of ketones is 1. The zero-order valence-electron chi connectivity index (χ0n) is 8.81. The second-order valence-electron chi connectivity index (χ2n) is 3.44. The molecule has 1 aromatic carbocycles. The van der Waals surface area contributed by atoms with E-state index in [2.05, 4.69) is 6.07 Å². The lowest BCUT2D eigenvalue weighted by Gasteiger charge is -1.97. The van der Waals surface area contributed by atoms with Gasteiger partial charge in [0.1, 0.15) is 0 Å². The summed E-state index contributed by atoms with van der Waals surface area (Å²) in [5.41, 5.74) is 0.611. The quantitative estimate of drug-likeness (QED) is 0.791. The zero-order valence-corrected chi connectivity index (χ0v) is 10.4. The fraction of sp³-hybridized carbons (Fsp3) is 0.0769. The number of carbonyl (C=O) groups is 1. The smallest absolute Gasteiger partial charge is 0.202 e. The van der Waals surface area contributed by atoms with Gasteiger partial charge in [-0.2, -0.15) is 5.26 Å². The van der Waals surface area contributed by atoms with Gasteiger partial charge in [-0.15, -0.1) is 11.3 Å². The molecule has 1 aromatic heterocycles. The third kappa shape index (κ3) is 2.73. The van der Waals surface area contributed by atoms with Gasteiger partial charge in [-0.25, -0.2) is 0 Å². The highest BCUT2D eigenvalue weighted by molar-refractivity contribution is 7.14. The molecule has 0 unspecified atom stereocenters. The highest BCUT2D eigenvalue weighted by Gasteiger charge is 2.11. The highest BCUT2D eigenvalue weighted by Crippen LogP contribution is 2.21. The van der Waals surface area contributed by atoms with Crippen molar-refractivity contribution in [2.75, 3.05) is 0 Å². The summed E-state index contributed by atoms with van der Waals surface area (Å²) in [5.74, 6) is -0.0316. The molecular formula is C13H8ClNOS. The van der Waals surface area contributed by atoms with E-state index in [1.807, 2.05) is 6.07 Å². The lowest BCUT2D eigenvalue weighted by atomic mass is 10.1. The Kier molecular flexibility index (Phi) is 3.58. The first-order chi connectivity index (χ1) is 8.20. The minimum Gasteiger partial charge on any atom is -0.288 e. The highest BCUT2D eigenvalue weighted by atomic mass is 35.5. The maximum Gasteiger partial charge on any atom is 0.202 e. The van der Waals surface area contributed by atoms with Crippen molar-refractivity contribution >= 4 is 28.7 Å². The molecule has 2 nitrogen and oxygen atoms in total. The van der Waals surface area contributed by atoms with Crippen molar-refractivity contribution in [2.24, 2.45) is 0 Å². The second-order valence-corrected chi connectivity index (χ2v) is 5.04. The van der Waals surface area contributed by atoms with Crippen molar-refractivity contribution < 1.29 is 4.79 Å². The molecule has 0 aliphatic heterocycles. The molecule has 0 amide bonds. The van der Waals surface area contributed by atoms with E-state index in [0.29, 0.717) is 21.9 Å². The molecular weight excluding hydrogens is 254 g/mol. The average Bonchev–Trinajstić information content (AvgIpc) is 2.78. The molecule has 0 aliphatic rings. The van der Waals surface area contributed by atoms with Gasteiger partial charge in [0.05, 0.1) is 17.4 Å². The maximum atomic E-state index is 12.1. The summed E-state index contributed by atoms with van der Waals surface area (Å²) in [5, 5.41) is 9.18. The lowest BCUT2D eigenvalue weighted by Crippen LogP contribution is -1.97. The molecule has 17 heavy (non-hydrogen) atoms. The van der Waals surface area contributed by atoms with Gasteiger partial charge in [0, 0.05) is 15.5 Å². The third-order valence-corrected chi connectivity index (χ3v) is 3.58. The van der Waals surface area contributed by atoms with E-state index in [9.17, 15) is 4.79 Å². The number of thiophene rings is 1. The van der Waals surface area contributed by atoms with Crippen molar-refractivity contribution in [3.8, 4) is 6.07 Å². The molecule has 0 N–H and O–H groups in total. The molecule has 2 rings (SSSR count). The Hall–Kier alpha value is -1.63. The molecule has 1 heterocycles. The zero-order chi connectivity index (χ0) is 12.3. The molecule has 0 spiro atoms. The fourth-order valence-electron chi connectivity index (χ4n) is 1.42. The van der Waals surface area contributed by atoms with Gasteiger partial charge in [-0.05, 0) is 36.4 Å². The molecule has 0 aliphatic carbocycles. The Morgan fingerprint density at radius 2 is 1.94 bits per heavy atom. The maximum absolute atomic E-state index is 12.1. The normalized spacial score (nSPS) is 9.88. The van der Waals surface area contributed by atoms with E-state index in [4.69, 9.17) is 16.9 Å². The van der Waals surface area contributed by atoms with Crippen LogP contribution in [0.15, 0.2) is 36.4 Å². The van der Waals surface area contributed by atoms with Crippen molar-refractivity contribution in [3.05, 3.63) is 56.7 Å². The topological polar surface area (TPSA) is 40.9 Å². The van der Waals surface area contributed by atoms with E-state index in [1.54, 1.807) is 30.3 Å². The molecule has 4 heteroatoms. The first-order valence-corrected chi connectivity index (χ1v) is 6.16. The number of hydrogen-bond acceptors (Lipinski definition) is 3. The predicted molar refractivity (Wildman–Crippen MR) is 68.5 cm³/mol. The van der Waals surface area contributed by atoms with Gasteiger partial charge in [0.15, 0.2) is 0 Å². The molecule has 2 aromatic rings. The number of hydrogen-bond donors (Lipinski definition) is 0. The van der Waals surface area contributed by atoms with Crippen LogP contribution < -0.4 is 0 Å². The summed E-state index contributed by atoms with van der Waals surface area (Å²) < 4.78 is 0. The van der Waals surface area contributed by atoms with Gasteiger partial charge in [0.25, 0.3) is 0 Å². The van der Waals surface area contributed by atoms with Crippen molar-refractivity contribution in [3.63, 3.8) is 0 Å². The van der Waals surface area contributed by atoms with Crippen LogP contribution in [0.3, 0.4) is 0 Å². The molecule has 0 saturated carbocycles. The molecule has 0 atom stereocenters. The van der Waals surface area contributed by atoms with Crippen LogP contribution in [-0.2, 0) is 6.42 Å². The van der Waals surface area contributed by atoms with Crippen molar-refractivity contribution in [1.82, 2.24) is 0 Å². The number of nitriles is 1. The Morgan fingerprint density at radius 1 is 1.24 bits per heavy atom. The molecule has 0 fully saturated rings. The summed E-state index contributed by atoms with van der Waals surface area (Å²) in [4.78, 5) is 13.6. The largest absolute Gasteiger partial charge is 0.288 e. The average molecular weight is 262 g/mol. The van der Waals surface area contributed by atoms with E-state index in [-0.39, 0.29) is 5.78 Å². The monoisotopic (exact) mass is 261 g/mol. The van der Waals surface area contributed by atoms with E-state index < -0.39 is 0 Å². The Morgan fingerprint density at radius 3 is 2.59 bits per heavy atom. The van der Waals surface area contributed by atoms with E-state index >= 15 is 0 Å². The van der Waals surface area contributed by atoms with E-state index in [0.717, 1.165) is 4.88 Å². The van der Waals surface area contributed by atoms with Gasteiger partial charge in [-0.1, -0.05) is 11.6 Å². The third-order valence-electron chi connectivity index (χ3n) is 2.25. The fourth-order valence-corrected chi connectivity index (χ4v) is 2.44. The van der Waals surface area contributed by atoms with E-state index in [1.165, 1.54) is 11.3 Å². The second kappa shape index (κ2) is 5.13. The van der Waals surface area contributed by atoms with Gasteiger partial charge in [-0.3, -0.25) is 4.79 Å². The molecule has 0 radical (unpaired) electrons. The minimum atomic E-state index is -0.0316. The first kappa shape index (κ1) is 11.8. The molecule has 0 bridgehead atoms. The van der Waals surface area contributed by atoms with Crippen molar-refractivity contribution in [2.45, 2.75) is 6.42 Å². The number of rotatable bonds is 3. The number of halogens is 1. The van der Waals surface area contributed by atoms with Crippen LogP contribution in [0.2, 0.25) is 5.02 Å². The predicted octanol–water partition coefficient (Wildman–Crippen LogP) is 3.70. The summed E-state index contributed by atoms with van der Waals surface area (Å²) in [6.45, 7) is 0. The Labute approximate surface area is 108 Å². The lowest BCUT2D eigenvalue weighted by molar-refractivity contribution is 0.104. The number of nitrogens with zero attached hydrogens (tertiary/aromatic N) is 1. The van der Waals surface area contributed by atoms with Crippen LogP contribution in [0.4, 0.5) is 0 Å². The Balaban J connectivity index is 2.25. The summed E-state index contributed by atoms with van der Waals surface area (Å²) in [6.07, 6.45) is 0.346. The Bertz CT molecular complexity index is 580. The SMILES string of the molecule is N#CCc1ccc(C(=O)c2ccc(Cl)cc2)s1. The molecule has 84 valence electrons. The van der Waals surface area contributed by atoms with Crippen LogP contribution >= 0.6 is 22.9 Å². The van der Waals surface area contributed by atoms with Gasteiger partial charge >= 0.3 is 0 Å². The summed E-state index contributed by atoms with van der Waals surface area (Å²) in [7, 11) is 0. The molecule has 0 saturated heterocycles. The van der Waals surface area contributed by atoms with Gasteiger partial charge < -0.3 is 0 Å². The summed E-state index contributed by atoms with van der Waals surface area (Å²) in [6, 6.07) is 12.4. The van der Waals surface area contributed by atoms with Crippen LogP contribution in [-0.4, -0.2) is 5.78 Å². The van der Waals surface area contributed by atoms with Crippen LogP contribution in [0.5, 0.6) is 0 Å². The summed E-state index contributed by atoms with van der Waals surface area (Å²) >= 11 is 7.12. The number of carbonyl (C=O) groups excluding carboxylic acids is 1. The first-order valence-electron chi connectivity index (χ1n) is 4.96. The van der Waals surface area contributed by atoms with Crippen LogP contribution in [0, 0.1) is 11.3 Å². The minimum absolute atomic E-state index is 0.0316. The van der Waals surface area contributed by atoms with Crippen LogP contribution in [0.1, 0.15) is 20.1 Å². The van der Waals surface area contributed by atoms with Crippen molar-refractivity contribution in [1.29, 1.82) is 5.26 Å². The van der Waals surface area contributed by atoms with Crippen LogP contribution in [0.25, 0.3) is 0 Å². The standard InChI is InChI=1S/C13H8ClNOS/c14-10-3-1-9(2-4-10)13(16)12-6-5-11(17-12)7-8-15/h1-6H,7H2. The van der Waals surface area contributed by atoms with Gasteiger partial charge in [0.2, 0.25) is 5.78 Å². The number of benzene rings is 1.